The highest BCUT2D eigenvalue weighted by Gasteiger charge is 2.37. The zero-order chi connectivity index (χ0) is 21.4. The molecule has 0 radical (unpaired) electrons. The third kappa shape index (κ3) is 4.80. The minimum Gasteiger partial charge on any atom is -0.304 e. The molecule has 0 aromatic heterocycles. The van der Waals surface area contributed by atoms with Gasteiger partial charge in [0.25, 0.3) is 5.91 Å². The van der Waals surface area contributed by atoms with E-state index < -0.39 is 31.8 Å². The van der Waals surface area contributed by atoms with Crippen molar-refractivity contribution < 1.29 is 21.6 Å². The van der Waals surface area contributed by atoms with Gasteiger partial charge in [-0.3, -0.25) is 9.80 Å². The van der Waals surface area contributed by atoms with Crippen molar-refractivity contribution in [3.8, 4) is 0 Å². The van der Waals surface area contributed by atoms with Crippen molar-refractivity contribution in [1.82, 2.24) is 19.2 Å². The average Bonchev–Trinajstić information content (AvgIpc) is 3.01. The fourth-order valence-electron chi connectivity index (χ4n) is 3.74. The Bertz CT molecular complexity index is 970. The first-order valence-electron chi connectivity index (χ1n) is 9.51. The molecule has 2 aliphatic rings. The van der Waals surface area contributed by atoms with Gasteiger partial charge < -0.3 is 4.90 Å². The van der Waals surface area contributed by atoms with Gasteiger partial charge in [0.1, 0.15) is 0 Å². The smallest absolute Gasteiger partial charge is 0.268 e. The molecule has 162 valence electrons. The number of amides is 1. The molecule has 2 aliphatic heterocycles. The summed E-state index contributed by atoms with van der Waals surface area (Å²) >= 11 is 0. The van der Waals surface area contributed by atoms with Crippen molar-refractivity contribution in [1.29, 1.82) is 0 Å². The number of rotatable bonds is 5. The maximum absolute atomic E-state index is 13.2. The predicted octanol–water partition coefficient (Wildman–Crippen LogP) is -0.271. The normalized spacial score (nSPS) is 23.4. The number of carbonyl (C=O) groups is 1. The Morgan fingerprint density at radius 2 is 1.79 bits per heavy atom. The first-order valence-corrected chi connectivity index (χ1v) is 12.8. The van der Waals surface area contributed by atoms with E-state index in [9.17, 15) is 21.6 Å². The molecule has 0 aliphatic carbocycles. The summed E-state index contributed by atoms with van der Waals surface area (Å²) in [4.78, 5) is 15.3. The van der Waals surface area contributed by atoms with Crippen LogP contribution in [0.3, 0.4) is 0 Å². The van der Waals surface area contributed by atoms with Crippen LogP contribution in [0.2, 0.25) is 0 Å². The van der Waals surface area contributed by atoms with Crippen molar-refractivity contribution in [3.05, 3.63) is 29.8 Å². The predicted molar refractivity (Wildman–Crippen MR) is 110 cm³/mol. The standard InChI is InChI=1S/C18H28N4O5S2/c1-19(2)22(16-7-12-28(24,25)14-16)18(23)15-5-4-6-17(13-15)29(26,27)21-10-8-20(3)9-11-21/h4-6,13,16H,7-12,14H2,1-3H3/t16-/m0/s1. The number of benzene rings is 1. The minimum atomic E-state index is -3.70. The fourth-order valence-corrected chi connectivity index (χ4v) is 6.90. The van der Waals surface area contributed by atoms with E-state index in [1.54, 1.807) is 31.2 Å². The average molecular weight is 445 g/mol. The van der Waals surface area contributed by atoms with Gasteiger partial charge in [-0.05, 0) is 31.7 Å². The molecule has 0 N–H and O–H groups in total. The highest BCUT2D eigenvalue weighted by Crippen LogP contribution is 2.23. The van der Waals surface area contributed by atoms with E-state index >= 15 is 0 Å². The van der Waals surface area contributed by atoms with Crippen LogP contribution >= 0.6 is 0 Å². The van der Waals surface area contributed by atoms with Crippen LogP contribution in [0.5, 0.6) is 0 Å². The van der Waals surface area contributed by atoms with Gasteiger partial charge in [-0.1, -0.05) is 6.07 Å². The molecular weight excluding hydrogens is 416 g/mol. The van der Waals surface area contributed by atoms with Crippen LogP contribution in [0.1, 0.15) is 16.8 Å². The number of sulfonamides is 1. The van der Waals surface area contributed by atoms with Gasteiger partial charge >= 0.3 is 0 Å². The minimum absolute atomic E-state index is 0.0487. The van der Waals surface area contributed by atoms with E-state index in [1.807, 2.05) is 7.05 Å². The van der Waals surface area contributed by atoms with Crippen LogP contribution in [0.15, 0.2) is 29.2 Å². The second-order valence-electron chi connectivity index (χ2n) is 7.79. The number of sulfone groups is 1. The van der Waals surface area contributed by atoms with E-state index in [1.165, 1.54) is 21.4 Å². The zero-order valence-corrected chi connectivity index (χ0v) is 18.6. The Morgan fingerprint density at radius 3 is 2.34 bits per heavy atom. The lowest BCUT2D eigenvalue weighted by atomic mass is 10.1. The van der Waals surface area contributed by atoms with E-state index in [4.69, 9.17) is 0 Å². The Hall–Kier alpha value is -1.53. The van der Waals surface area contributed by atoms with E-state index in [0.717, 1.165) is 0 Å². The molecule has 9 nitrogen and oxygen atoms in total. The maximum atomic E-state index is 13.2. The summed E-state index contributed by atoms with van der Waals surface area (Å²) in [6, 6.07) is 5.53. The molecule has 0 spiro atoms. The zero-order valence-electron chi connectivity index (χ0n) is 17.0. The first-order chi connectivity index (χ1) is 13.5. The van der Waals surface area contributed by atoms with Crippen LogP contribution in [0, 0.1) is 0 Å². The van der Waals surface area contributed by atoms with Gasteiger partial charge in [0, 0.05) is 45.8 Å². The summed E-state index contributed by atoms with van der Waals surface area (Å²) < 4.78 is 51.2. The lowest BCUT2D eigenvalue weighted by Crippen LogP contribution is -2.49. The SMILES string of the molecule is CN1CCN(S(=O)(=O)c2cccc(C(=O)N([C@H]3CCS(=O)(=O)C3)N(C)C)c2)CC1. The largest absolute Gasteiger partial charge is 0.304 e. The fraction of sp³-hybridized carbons (Fsp3) is 0.611. The molecule has 2 heterocycles. The van der Waals surface area contributed by atoms with Crippen molar-refractivity contribution in [2.75, 3.05) is 58.8 Å². The highest BCUT2D eigenvalue weighted by molar-refractivity contribution is 7.91. The van der Waals surface area contributed by atoms with Crippen molar-refractivity contribution in [3.63, 3.8) is 0 Å². The molecule has 0 bridgehead atoms. The monoisotopic (exact) mass is 444 g/mol. The third-order valence-electron chi connectivity index (χ3n) is 5.37. The second kappa shape index (κ2) is 8.31. The molecule has 0 unspecified atom stereocenters. The third-order valence-corrected chi connectivity index (χ3v) is 9.02. The second-order valence-corrected chi connectivity index (χ2v) is 12.0. The van der Waals surface area contributed by atoms with Gasteiger partial charge in [0.15, 0.2) is 9.84 Å². The molecule has 11 heteroatoms. The summed E-state index contributed by atoms with van der Waals surface area (Å²) in [5.74, 6) is -0.448. The molecule has 0 saturated carbocycles. The first kappa shape index (κ1) is 22.2. The summed E-state index contributed by atoms with van der Waals surface area (Å²) in [6.07, 6.45) is 0.367. The number of piperazine rings is 1. The Morgan fingerprint density at radius 1 is 1.14 bits per heavy atom. The molecule has 2 fully saturated rings. The van der Waals surface area contributed by atoms with E-state index in [2.05, 4.69) is 4.90 Å². The molecular formula is C18H28N4O5S2. The summed E-state index contributed by atoms with van der Waals surface area (Å²) in [5, 5.41) is 2.97. The van der Waals surface area contributed by atoms with Crippen molar-refractivity contribution in [2.45, 2.75) is 17.4 Å². The van der Waals surface area contributed by atoms with E-state index in [-0.39, 0.29) is 22.0 Å². The summed E-state index contributed by atoms with van der Waals surface area (Å²) in [5.41, 5.74) is 0.221. The number of carbonyl (C=O) groups excluding carboxylic acids is 1. The topological polar surface area (TPSA) is 98.3 Å². The molecule has 1 aromatic rings. The van der Waals surface area contributed by atoms with E-state index in [0.29, 0.717) is 32.6 Å². The van der Waals surface area contributed by atoms with Crippen molar-refractivity contribution in [2.24, 2.45) is 0 Å². The summed E-state index contributed by atoms with van der Waals surface area (Å²) in [7, 11) is -1.57. The van der Waals surface area contributed by atoms with Gasteiger partial charge in [-0.2, -0.15) is 4.31 Å². The van der Waals surface area contributed by atoms with Crippen LogP contribution in [0.4, 0.5) is 0 Å². The van der Waals surface area contributed by atoms with Crippen LogP contribution in [-0.4, -0.2) is 107 Å². The van der Waals surface area contributed by atoms with Gasteiger partial charge in [0.2, 0.25) is 10.0 Å². The summed E-state index contributed by atoms with van der Waals surface area (Å²) in [6.45, 7) is 2.12. The molecule has 3 rings (SSSR count). The Balaban J connectivity index is 1.86. The van der Waals surface area contributed by atoms with Crippen molar-refractivity contribution >= 4 is 25.8 Å². The number of hydrazine groups is 1. The van der Waals surface area contributed by atoms with Crippen LogP contribution in [-0.2, 0) is 19.9 Å². The number of nitrogens with zero attached hydrogens (tertiary/aromatic N) is 4. The Labute approximate surface area is 172 Å². The number of likely N-dealkylation sites (N-methyl/N-ethyl adjacent to an activating group) is 1. The molecule has 2 saturated heterocycles. The molecule has 1 amide bonds. The molecule has 1 aromatic carbocycles. The molecule has 29 heavy (non-hydrogen) atoms. The van der Waals surface area contributed by atoms with Crippen LogP contribution in [0.25, 0.3) is 0 Å². The van der Waals surface area contributed by atoms with Gasteiger partial charge in [0.05, 0.1) is 22.4 Å². The van der Waals surface area contributed by atoms with Gasteiger partial charge in [-0.15, -0.1) is 0 Å². The number of hydrogen-bond acceptors (Lipinski definition) is 7. The quantitative estimate of drug-likeness (QED) is 0.577. The Kier molecular flexibility index (Phi) is 6.35. The van der Waals surface area contributed by atoms with Gasteiger partial charge in [-0.25, -0.2) is 21.8 Å². The lowest BCUT2D eigenvalue weighted by molar-refractivity contribution is 0.000987. The van der Waals surface area contributed by atoms with Crippen LogP contribution < -0.4 is 0 Å². The molecule has 1 atom stereocenters. The highest BCUT2D eigenvalue weighted by atomic mass is 32.2. The lowest BCUT2D eigenvalue weighted by Gasteiger charge is -2.34. The maximum Gasteiger partial charge on any atom is 0.268 e. The number of hydrogen-bond donors (Lipinski definition) is 0.